The van der Waals surface area contributed by atoms with E-state index < -0.39 is 0 Å². The average molecular weight is 466 g/mol. The highest BCUT2D eigenvalue weighted by Gasteiger charge is 2.28. The number of rotatable bonds is 9. The fourth-order valence-corrected chi connectivity index (χ4v) is 6.31. The van der Waals surface area contributed by atoms with Crippen molar-refractivity contribution >= 4 is 39.2 Å². The number of hydrogen-bond donors (Lipinski definition) is 0. The Balaban J connectivity index is 1.86. The number of hydrogen-bond acceptors (Lipinski definition) is 6. The smallest absolute Gasteiger partial charge is 0.263 e. The van der Waals surface area contributed by atoms with Crippen molar-refractivity contribution in [3.63, 3.8) is 0 Å². The van der Waals surface area contributed by atoms with Crippen molar-refractivity contribution in [2.75, 3.05) is 20.3 Å². The summed E-state index contributed by atoms with van der Waals surface area (Å²) >= 11 is 2.96. The van der Waals surface area contributed by atoms with Crippen molar-refractivity contribution < 1.29 is 9.53 Å². The molecule has 0 aliphatic heterocycles. The molecule has 1 amide bonds. The van der Waals surface area contributed by atoms with E-state index in [2.05, 4.69) is 0 Å². The van der Waals surface area contributed by atoms with Gasteiger partial charge in [-0.2, -0.15) is 0 Å². The van der Waals surface area contributed by atoms with Gasteiger partial charge in [0.05, 0.1) is 10.6 Å². The fraction of sp³-hybridized carbons (Fsp3) is 0.696. The second-order valence-corrected chi connectivity index (χ2v) is 10.9. The minimum atomic E-state index is -0.295. The summed E-state index contributed by atoms with van der Waals surface area (Å²) in [5.41, 5.74) is 1.000. The van der Waals surface area contributed by atoms with Gasteiger partial charge in [-0.05, 0) is 52.5 Å². The third-order valence-corrected chi connectivity index (χ3v) is 8.41. The Morgan fingerprint density at radius 2 is 2.03 bits per heavy atom. The maximum atomic E-state index is 13.4. The van der Waals surface area contributed by atoms with Crippen LogP contribution in [0.25, 0.3) is 10.2 Å². The summed E-state index contributed by atoms with van der Waals surface area (Å²) in [7, 11) is 1.92. The predicted octanol–water partition coefficient (Wildman–Crippen LogP) is 4.77. The van der Waals surface area contributed by atoms with Crippen molar-refractivity contribution in [2.45, 2.75) is 89.2 Å². The van der Waals surface area contributed by atoms with Crippen LogP contribution in [0.1, 0.15) is 62.8 Å². The van der Waals surface area contributed by atoms with Gasteiger partial charge in [0.1, 0.15) is 4.83 Å². The molecule has 2 aromatic rings. The Hall–Kier alpha value is -1.38. The summed E-state index contributed by atoms with van der Waals surface area (Å²) < 4.78 is 7.21. The summed E-state index contributed by atoms with van der Waals surface area (Å²) in [6, 6.07) is 0.329. The number of amides is 1. The highest BCUT2D eigenvalue weighted by atomic mass is 32.2. The lowest BCUT2D eigenvalue weighted by Gasteiger charge is -2.32. The lowest BCUT2D eigenvalue weighted by Crippen LogP contribution is -2.42. The molecule has 1 aliphatic rings. The first-order chi connectivity index (χ1) is 14.8. The number of aromatic nitrogens is 2. The normalized spacial score (nSPS) is 16.0. The molecule has 0 unspecified atom stereocenters. The number of fused-ring (bicyclic) bond motifs is 1. The van der Waals surface area contributed by atoms with Gasteiger partial charge < -0.3 is 9.64 Å². The Morgan fingerprint density at radius 1 is 1.32 bits per heavy atom. The van der Waals surface area contributed by atoms with E-state index in [1.54, 1.807) is 15.9 Å². The summed E-state index contributed by atoms with van der Waals surface area (Å²) in [6.07, 6.45) is 6.55. The summed E-state index contributed by atoms with van der Waals surface area (Å²) in [6.45, 7) is 9.71. The van der Waals surface area contributed by atoms with Crippen molar-refractivity contribution in [1.82, 2.24) is 14.5 Å². The second-order valence-electron chi connectivity index (χ2n) is 8.37. The van der Waals surface area contributed by atoms with Crippen molar-refractivity contribution in [3.8, 4) is 0 Å². The van der Waals surface area contributed by atoms with E-state index in [0.29, 0.717) is 36.3 Å². The van der Waals surface area contributed by atoms with E-state index in [0.717, 1.165) is 34.5 Å². The molecule has 2 aromatic heterocycles. The van der Waals surface area contributed by atoms with Crippen LogP contribution < -0.4 is 5.56 Å². The number of aryl methyl sites for hydroxylation is 2. The van der Waals surface area contributed by atoms with Gasteiger partial charge in [0.2, 0.25) is 5.91 Å². The Labute approximate surface area is 193 Å². The predicted molar refractivity (Wildman–Crippen MR) is 129 cm³/mol. The second kappa shape index (κ2) is 11.0. The van der Waals surface area contributed by atoms with Gasteiger partial charge in [-0.3, -0.25) is 14.2 Å². The Kier molecular flexibility index (Phi) is 8.58. The molecular weight excluding hydrogens is 430 g/mol. The summed E-state index contributed by atoms with van der Waals surface area (Å²) in [4.78, 5) is 35.1. The molecule has 6 nitrogen and oxygen atoms in total. The van der Waals surface area contributed by atoms with Crippen molar-refractivity contribution in [1.29, 1.82) is 0 Å². The van der Waals surface area contributed by atoms with Crippen LogP contribution in [-0.4, -0.2) is 51.9 Å². The molecule has 31 heavy (non-hydrogen) atoms. The molecule has 0 saturated heterocycles. The van der Waals surface area contributed by atoms with Gasteiger partial charge in [0.25, 0.3) is 5.56 Å². The molecule has 1 saturated carbocycles. The van der Waals surface area contributed by atoms with E-state index in [4.69, 9.17) is 9.72 Å². The topological polar surface area (TPSA) is 64.4 Å². The monoisotopic (exact) mass is 465 g/mol. The van der Waals surface area contributed by atoms with Gasteiger partial charge in [-0.25, -0.2) is 4.98 Å². The minimum absolute atomic E-state index is 0.00821. The molecule has 3 rings (SSSR count). The molecule has 1 atom stereocenters. The van der Waals surface area contributed by atoms with Crippen molar-refractivity contribution in [3.05, 3.63) is 20.8 Å². The lowest BCUT2D eigenvalue weighted by molar-refractivity contribution is -0.131. The van der Waals surface area contributed by atoms with E-state index in [9.17, 15) is 9.59 Å². The molecule has 2 heterocycles. The summed E-state index contributed by atoms with van der Waals surface area (Å²) in [5.74, 6) is 0.116. The van der Waals surface area contributed by atoms with E-state index in [1.807, 2.05) is 39.6 Å². The van der Waals surface area contributed by atoms with Gasteiger partial charge in [0, 0.05) is 37.7 Å². The van der Waals surface area contributed by atoms with Crippen LogP contribution in [-0.2, 0) is 16.1 Å². The zero-order valence-corrected chi connectivity index (χ0v) is 21.0. The zero-order valence-electron chi connectivity index (χ0n) is 19.4. The van der Waals surface area contributed by atoms with Gasteiger partial charge in [-0.1, -0.05) is 31.0 Å². The molecule has 8 heteroatoms. The van der Waals surface area contributed by atoms with Crippen molar-refractivity contribution in [2.24, 2.45) is 0 Å². The van der Waals surface area contributed by atoms with Crippen LogP contribution in [0, 0.1) is 13.8 Å². The summed E-state index contributed by atoms with van der Waals surface area (Å²) in [5, 5.41) is 1.05. The Morgan fingerprint density at radius 3 is 2.71 bits per heavy atom. The molecule has 1 aliphatic carbocycles. The van der Waals surface area contributed by atoms with Crippen LogP contribution in [0.15, 0.2) is 9.95 Å². The molecule has 1 fully saturated rings. The first kappa shape index (κ1) is 24.3. The van der Waals surface area contributed by atoms with Crippen LogP contribution in [0.5, 0.6) is 0 Å². The largest absolute Gasteiger partial charge is 0.382 e. The van der Waals surface area contributed by atoms with Crippen LogP contribution in [0.4, 0.5) is 0 Å². The molecule has 0 spiro atoms. The molecule has 172 valence electrons. The lowest BCUT2D eigenvalue weighted by atomic mass is 9.94. The van der Waals surface area contributed by atoms with E-state index in [-0.39, 0.29) is 16.7 Å². The number of thiophene rings is 1. The van der Waals surface area contributed by atoms with Crippen LogP contribution >= 0.6 is 23.1 Å². The molecule has 0 bridgehead atoms. The fourth-order valence-electron chi connectivity index (χ4n) is 4.21. The van der Waals surface area contributed by atoms with Crippen LogP contribution in [0.3, 0.4) is 0 Å². The first-order valence-corrected chi connectivity index (χ1v) is 13.1. The highest BCUT2D eigenvalue weighted by molar-refractivity contribution is 8.00. The third kappa shape index (κ3) is 5.52. The third-order valence-electron chi connectivity index (χ3n) is 6.23. The standard InChI is InChI=1S/C23H35N3O3S2/c1-6-29-14-10-13-26-22(28)19-15(2)16(3)30-20(19)24-23(26)31-17(4)21(27)25(5)18-11-8-7-9-12-18/h17-18H,6-14H2,1-5H3/t17-/m1/s1. The average Bonchev–Trinajstić information content (AvgIpc) is 3.05. The number of ether oxygens (including phenoxy) is 1. The quantitative estimate of drug-likeness (QED) is 0.303. The number of carbonyl (C=O) groups is 1. The van der Waals surface area contributed by atoms with E-state index >= 15 is 0 Å². The maximum Gasteiger partial charge on any atom is 0.263 e. The molecular formula is C23H35N3O3S2. The van der Waals surface area contributed by atoms with Gasteiger partial charge in [0.15, 0.2) is 5.16 Å². The highest BCUT2D eigenvalue weighted by Crippen LogP contribution is 2.31. The zero-order chi connectivity index (χ0) is 22.5. The number of carbonyl (C=O) groups excluding carboxylic acids is 1. The molecule has 0 radical (unpaired) electrons. The Bertz CT molecular complexity index is 963. The molecule has 0 N–H and O–H groups in total. The molecule has 0 aromatic carbocycles. The van der Waals surface area contributed by atoms with E-state index in [1.165, 1.54) is 31.0 Å². The maximum absolute atomic E-state index is 13.4. The van der Waals surface area contributed by atoms with Gasteiger partial charge >= 0.3 is 0 Å². The SMILES string of the molecule is CCOCCCn1c(S[C@H](C)C(=O)N(C)C2CCCCC2)nc2sc(C)c(C)c2c1=O. The van der Waals surface area contributed by atoms with Gasteiger partial charge in [-0.15, -0.1) is 11.3 Å². The minimum Gasteiger partial charge on any atom is -0.382 e. The number of thioether (sulfide) groups is 1. The first-order valence-electron chi connectivity index (χ1n) is 11.4. The van der Waals surface area contributed by atoms with Crippen LogP contribution in [0.2, 0.25) is 0 Å². The number of nitrogens with zero attached hydrogens (tertiary/aromatic N) is 3.